The number of hydrogen-bond acceptors (Lipinski definition) is 4. The number of anilines is 1. The van der Waals surface area contributed by atoms with Crippen LogP contribution in [0.15, 0.2) is 42.5 Å². The lowest BCUT2D eigenvalue weighted by Crippen LogP contribution is -2.39. The van der Waals surface area contributed by atoms with Crippen LogP contribution in [0.2, 0.25) is 0 Å². The molecule has 0 aromatic heterocycles. The van der Waals surface area contributed by atoms with Crippen molar-refractivity contribution in [2.24, 2.45) is 0 Å². The molecule has 0 saturated heterocycles. The van der Waals surface area contributed by atoms with E-state index >= 15 is 0 Å². The van der Waals surface area contributed by atoms with Crippen molar-refractivity contribution in [1.82, 2.24) is 5.32 Å². The molecule has 136 valence electrons. The molecule has 1 fully saturated rings. The summed E-state index contributed by atoms with van der Waals surface area (Å²) < 4.78 is 11.4. The Hall–Kier alpha value is -2.69. The number of carbonyl (C=O) groups excluding carboxylic acids is 1. The SMILES string of the molecule is Nc1ccc(C(=O)NCC2(c3ccc4c(c3)OCCO4)CCCC2)cc1. The van der Waals surface area contributed by atoms with Gasteiger partial charge in [0.2, 0.25) is 0 Å². The quantitative estimate of drug-likeness (QED) is 0.828. The van der Waals surface area contributed by atoms with Crippen molar-refractivity contribution in [3.63, 3.8) is 0 Å². The third-order valence-corrected chi connectivity index (χ3v) is 5.48. The average molecular weight is 352 g/mol. The van der Waals surface area contributed by atoms with Gasteiger partial charge in [-0.3, -0.25) is 4.79 Å². The fourth-order valence-corrected chi connectivity index (χ4v) is 3.98. The van der Waals surface area contributed by atoms with Crippen molar-refractivity contribution in [1.29, 1.82) is 0 Å². The van der Waals surface area contributed by atoms with Crippen LogP contribution in [0.25, 0.3) is 0 Å². The highest BCUT2D eigenvalue weighted by molar-refractivity contribution is 5.94. The molecule has 1 amide bonds. The highest BCUT2D eigenvalue weighted by Crippen LogP contribution is 2.43. The monoisotopic (exact) mass is 352 g/mol. The molecule has 0 radical (unpaired) electrons. The van der Waals surface area contributed by atoms with E-state index < -0.39 is 0 Å². The van der Waals surface area contributed by atoms with Gasteiger partial charge in [0.05, 0.1) is 0 Å². The van der Waals surface area contributed by atoms with Crippen LogP contribution in [-0.4, -0.2) is 25.7 Å². The van der Waals surface area contributed by atoms with Crippen molar-refractivity contribution >= 4 is 11.6 Å². The lowest BCUT2D eigenvalue weighted by molar-refractivity contribution is 0.0943. The van der Waals surface area contributed by atoms with Crippen molar-refractivity contribution in [2.75, 3.05) is 25.5 Å². The normalized spacial score (nSPS) is 17.7. The maximum absolute atomic E-state index is 12.5. The molecule has 2 aliphatic rings. The molecule has 0 unspecified atom stereocenters. The Bertz CT molecular complexity index is 795. The van der Waals surface area contributed by atoms with Crippen molar-refractivity contribution in [2.45, 2.75) is 31.1 Å². The molecule has 1 aliphatic heterocycles. The first-order valence-electron chi connectivity index (χ1n) is 9.20. The number of benzene rings is 2. The molecule has 1 aliphatic carbocycles. The van der Waals surface area contributed by atoms with E-state index in [0.717, 1.165) is 24.3 Å². The molecule has 2 aromatic carbocycles. The molecule has 1 saturated carbocycles. The molecular weight excluding hydrogens is 328 g/mol. The van der Waals surface area contributed by atoms with E-state index in [1.54, 1.807) is 24.3 Å². The first-order chi connectivity index (χ1) is 12.7. The second-order valence-electron chi connectivity index (χ2n) is 7.15. The first-order valence-corrected chi connectivity index (χ1v) is 9.20. The average Bonchev–Trinajstić information content (AvgIpc) is 3.16. The van der Waals surface area contributed by atoms with E-state index in [1.807, 2.05) is 6.07 Å². The minimum atomic E-state index is -0.0613. The Labute approximate surface area is 153 Å². The minimum Gasteiger partial charge on any atom is -0.486 e. The molecule has 26 heavy (non-hydrogen) atoms. The lowest BCUT2D eigenvalue weighted by atomic mass is 9.78. The van der Waals surface area contributed by atoms with Crippen LogP contribution in [0.3, 0.4) is 0 Å². The summed E-state index contributed by atoms with van der Waals surface area (Å²) >= 11 is 0. The molecule has 5 heteroatoms. The number of nitrogens with one attached hydrogen (secondary N) is 1. The maximum Gasteiger partial charge on any atom is 0.251 e. The van der Waals surface area contributed by atoms with Crippen LogP contribution in [0, 0.1) is 0 Å². The summed E-state index contributed by atoms with van der Waals surface area (Å²) in [6.07, 6.45) is 4.47. The van der Waals surface area contributed by atoms with Gasteiger partial charge in [0.25, 0.3) is 5.91 Å². The number of amides is 1. The zero-order valence-electron chi connectivity index (χ0n) is 14.8. The van der Waals surface area contributed by atoms with Crippen LogP contribution in [0.5, 0.6) is 11.5 Å². The third-order valence-electron chi connectivity index (χ3n) is 5.48. The summed E-state index contributed by atoms with van der Waals surface area (Å²) in [5.41, 5.74) is 8.17. The molecule has 4 rings (SSSR count). The summed E-state index contributed by atoms with van der Waals surface area (Å²) in [7, 11) is 0. The Morgan fingerprint density at radius 2 is 1.69 bits per heavy atom. The summed E-state index contributed by atoms with van der Waals surface area (Å²) in [4.78, 5) is 12.5. The molecule has 0 bridgehead atoms. The van der Waals surface area contributed by atoms with Crippen LogP contribution in [0.4, 0.5) is 5.69 Å². The van der Waals surface area contributed by atoms with Crippen LogP contribution in [-0.2, 0) is 5.41 Å². The van der Waals surface area contributed by atoms with Crippen molar-refractivity contribution in [3.05, 3.63) is 53.6 Å². The molecule has 0 spiro atoms. The summed E-state index contributed by atoms with van der Waals surface area (Å²) in [6.45, 7) is 1.79. The molecule has 1 heterocycles. The zero-order valence-corrected chi connectivity index (χ0v) is 14.8. The summed E-state index contributed by atoms with van der Waals surface area (Å²) in [5.74, 6) is 1.55. The number of fused-ring (bicyclic) bond motifs is 1. The predicted molar refractivity (Wildman–Crippen MR) is 101 cm³/mol. The highest BCUT2D eigenvalue weighted by Gasteiger charge is 2.36. The fourth-order valence-electron chi connectivity index (χ4n) is 3.98. The third kappa shape index (κ3) is 3.21. The molecule has 0 atom stereocenters. The van der Waals surface area contributed by atoms with Gasteiger partial charge in [-0.25, -0.2) is 0 Å². The van der Waals surface area contributed by atoms with Gasteiger partial charge in [-0.15, -0.1) is 0 Å². The second-order valence-corrected chi connectivity index (χ2v) is 7.15. The molecule has 5 nitrogen and oxygen atoms in total. The Balaban J connectivity index is 1.53. The van der Waals surface area contributed by atoms with Gasteiger partial charge in [0.15, 0.2) is 11.5 Å². The minimum absolute atomic E-state index is 0.0424. The highest BCUT2D eigenvalue weighted by atomic mass is 16.6. The van der Waals surface area contributed by atoms with Crippen LogP contribution >= 0.6 is 0 Å². The Morgan fingerprint density at radius 1 is 1.00 bits per heavy atom. The molecular formula is C21H24N2O3. The van der Waals surface area contributed by atoms with E-state index in [-0.39, 0.29) is 11.3 Å². The van der Waals surface area contributed by atoms with Crippen molar-refractivity contribution in [3.8, 4) is 11.5 Å². The number of nitrogen functional groups attached to an aromatic ring is 1. The summed E-state index contributed by atoms with van der Waals surface area (Å²) in [5, 5.41) is 3.13. The number of nitrogens with two attached hydrogens (primary N) is 1. The van der Waals surface area contributed by atoms with Gasteiger partial charge in [0.1, 0.15) is 13.2 Å². The van der Waals surface area contributed by atoms with Gasteiger partial charge >= 0.3 is 0 Å². The summed E-state index contributed by atoms with van der Waals surface area (Å²) in [6, 6.07) is 13.2. The van der Waals surface area contributed by atoms with Gasteiger partial charge < -0.3 is 20.5 Å². The number of hydrogen-bond donors (Lipinski definition) is 2. The molecule has 3 N–H and O–H groups in total. The smallest absolute Gasteiger partial charge is 0.251 e. The zero-order chi connectivity index (χ0) is 18.0. The largest absolute Gasteiger partial charge is 0.486 e. The maximum atomic E-state index is 12.5. The van der Waals surface area contributed by atoms with Gasteiger partial charge in [0, 0.05) is 23.2 Å². The van der Waals surface area contributed by atoms with E-state index in [0.29, 0.717) is 31.0 Å². The number of ether oxygens (including phenoxy) is 2. The number of rotatable bonds is 4. The Kier molecular flexibility index (Phi) is 4.45. The van der Waals surface area contributed by atoms with E-state index in [1.165, 1.54) is 18.4 Å². The Morgan fingerprint density at radius 3 is 2.42 bits per heavy atom. The fraction of sp³-hybridized carbons (Fsp3) is 0.381. The van der Waals surface area contributed by atoms with Gasteiger partial charge in [-0.05, 0) is 54.8 Å². The van der Waals surface area contributed by atoms with Crippen LogP contribution < -0.4 is 20.5 Å². The van der Waals surface area contributed by atoms with Gasteiger partial charge in [-0.1, -0.05) is 18.9 Å². The second kappa shape index (κ2) is 6.90. The van der Waals surface area contributed by atoms with E-state index in [9.17, 15) is 4.79 Å². The molecule has 2 aromatic rings. The van der Waals surface area contributed by atoms with E-state index in [4.69, 9.17) is 15.2 Å². The predicted octanol–water partition coefficient (Wildman–Crippen LogP) is 3.28. The first kappa shape index (κ1) is 16.8. The van der Waals surface area contributed by atoms with Gasteiger partial charge in [-0.2, -0.15) is 0 Å². The van der Waals surface area contributed by atoms with E-state index in [2.05, 4.69) is 17.4 Å². The van der Waals surface area contributed by atoms with Crippen molar-refractivity contribution < 1.29 is 14.3 Å². The number of carbonyl (C=O) groups is 1. The van der Waals surface area contributed by atoms with Crippen LogP contribution in [0.1, 0.15) is 41.6 Å². The topological polar surface area (TPSA) is 73.6 Å². The standard InChI is InChI=1S/C21H24N2O3/c22-17-6-3-15(4-7-17)20(24)23-14-21(9-1-2-10-21)16-5-8-18-19(13-16)26-12-11-25-18/h3-8,13H,1-2,9-12,14,22H2,(H,23,24). The lowest BCUT2D eigenvalue weighted by Gasteiger charge is -2.31.